The maximum atomic E-state index is 11.5. The van der Waals surface area contributed by atoms with Gasteiger partial charge in [0.1, 0.15) is 0 Å². The zero-order valence-electron chi connectivity index (χ0n) is 8.21. The number of sulfone groups is 1. The molecule has 1 rings (SSSR count). The molecule has 0 bridgehead atoms. The van der Waals surface area contributed by atoms with Gasteiger partial charge in [0.25, 0.3) is 0 Å². The second-order valence-electron chi connectivity index (χ2n) is 3.85. The summed E-state index contributed by atoms with van der Waals surface area (Å²) >= 11 is 0. The van der Waals surface area contributed by atoms with Gasteiger partial charge in [-0.2, -0.15) is 0 Å². The van der Waals surface area contributed by atoms with Crippen LogP contribution >= 0.6 is 0 Å². The smallest absolute Gasteiger partial charge is 0.160 e. The van der Waals surface area contributed by atoms with Crippen molar-refractivity contribution in [2.24, 2.45) is 0 Å². The summed E-state index contributed by atoms with van der Waals surface area (Å²) in [6, 6.07) is 0. The van der Waals surface area contributed by atoms with E-state index in [1.165, 1.54) is 0 Å². The number of hydrogen-bond donors (Lipinski definition) is 0. The van der Waals surface area contributed by atoms with Crippen molar-refractivity contribution in [1.82, 2.24) is 0 Å². The minimum Gasteiger partial charge on any atom is -0.228 e. The normalized spacial score (nSPS) is 25.7. The molecule has 0 radical (unpaired) electrons. The van der Waals surface area contributed by atoms with Gasteiger partial charge in [0.2, 0.25) is 0 Å². The predicted molar refractivity (Wildman–Crippen MR) is 55.4 cm³/mol. The summed E-state index contributed by atoms with van der Waals surface area (Å²) in [5.74, 6) is 0.244. The van der Waals surface area contributed by atoms with Crippen LogP contribution in [-0.2, 0) is 9.84 Å². The van der Waals surface area contributed by atoms with E-state index in [0.29, 0.717) is 6.42 Å². The van der Waals surface area contributed by atoms with Gasteiger partial charge in [-0.1, -0.05) is 17.2 Å². The highest BCUT2D eigenvalue weighted by Crippen LogP contribution is 2.23. The molecule has 0 aliphatic carbocycles. The van der Waals surface area contributed by atoms with E-state index >= 15 is 0 Å². The molecule has 0 N–H and O–H groups in total. The summed E-state index contributed by atoms with van der Waals surface area (Å²) in [6.07, 6.45) is 3.36. The Morgan fingerprint density at radius 3 is 2.69 bits per heavy atom. The molecule has 1 atom stereocenters. The van der Waals surface area contributed by atoms with Crippen molar-refractivity contribution < 1.29 is 8.42 Å². The Morgan fingerprint density at radius 2 is 2.31 bits per heavy atom. The Balaban J connectivity index is 2.64. The minimum absolute atomic E-state index is 0.244. The molecule has 0 fully saturated rings. The monoisotopic (exact) mass is 200 g/mol. The van der Waals surface area contributed by atoms with Gasteiger partial charge in [0.15, 0.2) is 9.84 Å². The molecule has 1 aliphatic heterocycles. The highest BCUT2D eigenvalue weighted by Gasteiger charge is 2.28. The topological polar surface area (TPSA) is 34.1 Å². The standard InChI is InChI=1S/C10H16O2S/c1-8(2)4-5-10-6-9(3)7-13(10,11)12/h6,10H,1,4-5,7H2,2-3H3. The van der Waals surface area contributed by atoms with Crippen molar-refractivity contribution >= 4 is 9.84 Å². The van der Waals surface area contributed by atoms with Gasteiger partial charge in [-0.25, -0.2) is 8.42 Å². The van der Waals surface area contributed by atoms with Crippen LogP contribution in [0, 0.1) is 0 Å². The largest absolute Gasteiger partial charge is 0.228 e. The fourth-order valence-electron chi connectivity index (χ4n) is 1.55. The summed E-state index contributed by atoms with van der Waals surface area (Å²) in [7, 11) is -2.87. The average molecular weight is 200 g/mol. The Bertz CT molecular complexity index is 336. The van der Waals surface area contributed by atoms with Gasteiger partial charge in [-0.3, -0.25) is 0 Å². The second kappa shape index (κ2) is 3.66. The van der Waals surface area contributed by atoms with Crippen molar-refractivity contribution in [2.45, 2.75) is 31.9 Å². The first-order chi connectivity index (χ1) is 5.92. The fraction of sp³-hybridized carbons (Fsp3) is 0.600. The summed E-state index contributed by atoms with van der Waals surface area (Å²) in [6.45, 7) is 7.57. The lowest BCUT2D eigenvalue weighted by Gasteiger charge is -2.06. The van der Waals surface area contributed by atoms with Crippen molar-refractivity contribution in [3.05, 3.63) is 23.8 Å². The maximum absolute atomic E-state index is 11.5. The Hall–Kier alpha value is -0.570. The summed E-state index contributed by atoms with van der Waals surface area (Å²) < 4.78 is 23.0. The molecule has 13 heavy (non-hydrogen) atoms. The lowest BCUT2D eigenvalue weighted by atomic mass is 10.1. The van der Waals surface area contributed by atoms with Crippen LogP contribution in [0.4, 0.5) is 0 Å². The van der Waals surface area contributed by atoms with Crippen molar-refractivity contribution in [2.75, 3.05) is 5.75 Å². The van der Waals surface area contributed by atoms with Crippen LogP contribution in [0.1, 0.15) is 26.7 Å². The first-order valence-corrected chi connectivity index (χ1v) is 6.16. The zero-order valence-corrected chi connectivity index (χ0v) is 9.02. The van der Waals surface area contributed by atoms with Crippen LogP contribution in [0.25, 0.3) is 0 Å². The van der Waals surface area contributed by atoms with Crippen LogP contribution < -0.4 is 0 Å². The molecule has 0 aromatic rings. The lowest BCUT2D eigenvalue weighted by Crippen LogP contribution is -2.16. The number of allylic oxidation sites excluding steroid dienone is 1. The number of hydrogen-bond acceptors (Lipinski definition) is 2. The molecular formula is C10H16O2S. The fourth-order valence-corrected chi connectivity index (χ4v) is 3.41. The molecule has 0 aromatic heterocycles. The first kappa shape index (κ1) is 10.5. The third kappa shape index (κ3) is 2.69. The number of rotatable bonds is 3. The molecular weight excluding hydrogens is 184 g/mol. The molecule has 0 saturated carbocycles. The SMILES string of the molecule is C=C(C)CCC1C=C(C)CS1(=O)=O. The lowest BCUT2D eigenvalue weighted by molar-refractivity contribution is 0.589. The van der Waals surface area contributed by atoms with Gasteiger partial charge in [0.05, 0.1) is 11.0 Å². The van der Waals surface area contributed by atoms with Gasteiger partial charge in [0, 0.05) is 0 Å². The molecule has 1 aliphatic rings. The van der Waals surface area contributed by atoms with E-state index in [1.807, 2.05) is 19.9 Å². The first-order valence-electron chi connectivity index (χ1n) is 4.45. The van der Waals surface area contributed by atoms with E-state index in [9.17, 15) is 8.42 Å². The molecule has 1 heterocycles. The molecule has 0 aromatic carbocycles. The van der Waals surface area contributed by atoms with E-state index in [0.717, 1.165) is 17.6 Å². The van der Waals surface area contributed by atoms with Crippen molar-refractivity contribution in [3.8, 4) is 0 Å². The van der Waals surface area contributed by atoms with Gasteiger partial charge >= 0.3 is 0 Å². The molecule has 2 nitrogen and oxygen atoms in total. The Labute approximate surface area is 80.3 Å². The molecule has 1 unspecified atom stereocenters. The van der Waals surface area contributed by atoms with Crippen LogP contribution in [-0.4, -0.2) is 19.4 Å². The quantitative estimate of drug-likeness (QED) is 0.654. The molecule has 3 heteroatoms. The van der Waals surface area contributed by atoms with E-state index in [-0.39, 0.29) is 11.0 Å². The highest BCUT2D eigenvalue weighted by atomic mass is 32.2. The van der Waals surface area contributed by atoms with E-state index in [1.54, 1.807) is 0 Å². The summed E-state index contributed by atoms with van der Waals surface area (Å²) in [4.78, 5) is 0. The Kier molecular flexibility index (Phi) is 2.96. The van der Waals surface area contributed by atoms with Crippen LogP contribution in [0.3, 0.4) is 0 Å². The van der Waals surface area contributed by atoms with Crippen LogP contribution in [0.15, 0.2) is 23.8 Å². The highest BCUT2D eigenvalue weighted by molar-refractivity contribution is 7.92. The molecule has 0 spiro atoms. The summed E-state index contributed by atoms with van der Waals surface area (Å²) in [5.41, 5.74) is 2.03. The van der Waals surface area contributed by atoms with Gasteiger partial charge < -0.3 is 0 Å². The Morgan fingerprint density at radius 1 is 1.69 bits per heavy atom. The van der Waals surface area contributed by atoms with Crippen molar-refractivity contribution in [1.29, 1.82) is 0 Å². The van der Waals surface area contributed by atoms with Crippen LogP contribution in [0.5, 0.6) is 0 Å². The summed E-state index contributed by atoms with van der Waals surface area (Å²) in [5, 5.41) is -0.260. The van der Waals surface area contributed by atoms with Crippen LogP contribution in [0.2, 0.25) is 0 Å². The van der Waals surface area contributed by atoms with Gasteiger partial charge in [-0.05, 0) is 26.7 Å². The van der Waals surface area contributed by atoms with Crippen molar-refractivity contribution in [3.63, 3.8) is 0 Å². The minimum atomic E-state index is -2.87. The second-order valence-corrected chi connectivity index (χ2v) is 6.07. The average Bonchev–Trinajstić information content (AvgIpc) is 2.19. The van der Waals surface area contributed by atoms with E-state index < -0.39 is 9.84 Å². The molecule has 74 valence electrons. The molecule has 0 amide bonds. The predicted octanol–water partition coefficient (Wildman–Crippen LogP) is 2.09. The molecule has 0 saturated heterocycles. The third-order valence-corrected chi connectivity index (χ3v) is 4.37. The maximum Gasteiger partial charge on any atom is 0.160 e. The van der Waals surface area contributed by atoms with Gasteiger partial charge in [-0.15, -0.1) is 6.58 Å². The zero-order chi connectivity index (χ0) is 10.1. The van der Waals surface area contributed by atoms with E-state index in [2.05, 4.69) is 6.58 Å². The third-order valence-electron chi connectivity index (χ3n) is 2.22. The van der Waals surface area contributed by atoms with E-state index in [4.69, 9.17) is 0 Å².